The van der Waals surface area contributed by atoms with Crippen molar-refractivity contribution >= 4 is 5.78 Å². The first-order valence-corrected chi connectivity index (χ1v) is 5.79. The van der Waals surface area contributed by atoms with E-state index in [0.29, 0.717) is 0 Å². The molecule has 0 aromatic heterocycles. The van der Waals surface area contributed by atoms with Crippen molar-refractivity contribution < 1.29 is 9.53 Å². The smallest absolute Gasteiger partial charge is 0.184 e. The number of ketones is 1. The van der Waals surface area contributed by atoms with Gasteiger partial charge in [-0.05, 0) is 50.2 Å². The highest BCUT2D eigenvalue weighted by atomic mass is 16.5. The molecule has 0 bridgehead atoms. The Balaban J connectivity index is 2.45. The Morgan fingerprint density at radius 1 is 1.33 bits per heavy atom. The van der Waals surface area contributed by atoms with Crippen LogP contribution in [0.25, 0.3) is 0 Å². The summed E-state index contributed by atoms with van der Waals surface area (Å²) in [6.07, 6.45) is 4.95. The zero-order chi connectivity index (χ0) is 11.3. The van der Waals surface area contributed by atoms with Crippen molar-refractivity contribution in [3.8, 4) is 0 Å². The Hall–Kier alpha value is -0.630. The van der Waals surface area contributed by atoms with Crippen molar-refractivity contribution in [1.82, 2.24) is 0 Å². The van der Waals surface area contributed by atoms with E-state index in [9.17, 15) is 4.79 Å². The second-order valence-electron chi connectivity index (χ2n) is 5.69. The Labute approximate surface area is 91.7 Å². The third kappa shape index (κ3) is 1.65. The lowest BCUT2D eigenvalue weighted by Crippen LogP contribution is -2.48. The van der Waals surface area contributed by atoms with Crippen molar-refractivity contribution in [2.45, 2.75) is 58.7 Å². The molecule has 2 atom stereocenters. The van der Waals surface area contributed by atoms with E-state index in [2.05, 4.69) is 20.8 Å². The fourth-order valence-corrected chi connectivity index (χ4v) is 3.03. The summed E-state index contributed by atoms with van der Waals surface area (Å²) in [7, 11) is 0. The van der Waals surface area contributed by atoms with Crippen LogP contribution in [0.15, 0.2) is 11.6 Å². The van der Waals surface area contributed by atoms with Gasteiger partial charge in [-0.25, -0.2) is 0 Å². The van der Waals surface area contributed by atoms with Gasteiger partial charge in [0.2, 0.25) is 0 Å². The number of hydrogen-bond acceptors (Lipinski definition) is 2. The molecule has 2 nitrogen and oxygen atoms in total. The van der Waals surface area contributed by atoms with Crippen LogP contribution >= 0.6 is 0 Å². The molecule has 1 heterocycles. The first-order chi connectivity index (χ1) is 6.85. The van der Waals surface area contributed by atoms with Gasteiger partial charge in [-0.1, -0.05) is 13.8 Å². The maximum atomic E-state index is 11.7. The molecule has 2 aliphatic rings. The number of hydrogen-bond donors (Lipinski definition) is 0. The Morgan fingerprint density at radius 3 is 2.67 bits per heavy atom. The van der Waals surface area contributed by atoms with Crippen LogP contribution in [0.5, 0.6) is 0 Å². The zero-order valence-electron chi connectivity index (χ0n) is 10.1. The van der Waals surface area contributed by atoms with Crippen molar-refractivity contribution in [2.24, 2.45) is 5.41 Å². The van der Waals surface area contributed by atoms with Crippen LogP contribution in [0, 0.1) is 5.41 Å². The predicted octanol–water partition coefficient (Wildman–Crippen LogP) is 2.87. The van der Waals surface area contributed by atoms with Gasteiger partial charge in [-0.3, -0.25) is 4.79 Å². The van der Waals surface area contributed by atoms with E-state index >= 15 is 0 Å². The Bertz CT molecular complexity index is 327. The van der Waals surface area contributed by atoms with Gasteiger partial charge < -0.3 is 4.74 Å². The van der Waals surface area contributed by atoms with E-state index in [1.165, 1.54) is 12.0 Å². The van der Waals surface area contributed by atoms with E-state index in [-0.39, 0.29) is 22.9 Å². The third-order valence-corrected chi connectivity index (χ3v) is 3.88. The summed E-state index contributed by atoms with van der Waals surface area (Å²) >= 11 is 0. The normalized spacial score (nSPS) is 39.6. The molecular formula is C13H20O2. The van der Waals surface area contributed by atoms with Gasteiger partial charge in [-0.2, -0.15) is 0 Å². The van der Waals surface area contributed by atoms with Gasteiger partial charge in [-0.15, -0.1) is 0 Å². The van der Waals surface area contributed by atoms with Crippen molar-refractivity contribution in [2.75, 3.05) is 0 Å². The maximum absolute atomic E-state index is 11.7. The highest BCUT2D eigenvalue weighted by molar-refractivity contribution is 5.95. The van der Waals surface area contributed by atoms with Crippen LogP contribution < -0.4 is 0 Å². The molecule has 1 aliphatic carbocycles. The average molecular weight is 208 g/mol. The predicted molar refractivity (Wildman–Crippen MR) is 59.7 cm³/mol. The molecule has 0 spiro atoms. The van der Waals surface area contributed by atoms with Gasteiger partial charge >= 0.3 is 0 Å². The van der Waals surface area contributed by atoms with Crippen LogP contribution in [-0.4, -0.2) is 17.5 Å². The van der Waals surface area contributed by atoms with Crippen LogP contribution in [0.2, 0.25) is 0 Å². The number of rotatable bonds is 0. The molecule has 15 heavy (non-hydrogen) atoms. The lowest BCUT2D eigenvalue weighted by Gasteiger charge is -2.48. The molecule has 2 unspecified atom stereocenters. The standard InChI is InChI=1S/C13H20O2/c1-9-10(14)8-11-12(2,3)6-5-7-13(11,4)15-9/h8-9H,5-7H2,1-4H3. The summed E-state index contributed by atoms with van der Waals surface area (Å²) in [4.78, 5) is 11.7. The molecule has 84 valence electrons. The number of carbonyl (C=O) groups excluding carboxylic acids is 1. The molecule has 1 fully saturated rings. The molecule has 0 radical (unpaired) electrons. The lowest BCUT2D eigenvalue weighted by molar-refractivity contribution is -0.141. The third-order valence-electron chi connectivity index (χ3n) is 3.88. The summed E-state index contributed by atoms with van der Waals surface area (Å²) in [6, 6.07) is 0. The van der Waals surface area contributed by atoms with Gasteiger partial charge in [0.25, 0.3) is 0 Å². The fraction of sp³-hybridized carbons (Fsp3) is 0.769. The fourth-order valence-electron chi connectivity index (χ4n) is 3.03. The second kappa shape index (κ2) is 3.18. The van der Waals surface area contributed by atoms with Gasteiger partial charge in [0, 0.05) is 0 Å². The van der Waals surface area contributed by atoms with Crippen molar-refractivity contribution in [3.63, 3.8) is 0 Å². The lowest BCUT2D eigenvalue weighted by atomic mass is 9.65. The summed E-state index contributed by atoms with van der Waals surface area (Å²) in [5.74, 6) is 0.123. The summed E-state index contributed by atoms with van der Waals surface area (Å²) in [5, 5.41) is 0. The Morgan fingerprint density at radius 2 is 2.00 bits per heavy atom. The average Bonchev–Trinajstić information content (AvgIpc) is 2.09. The highest BCUT2D eigenvalue weighted by Gasteiger charge is 2.46. The quantitative estimate of drug-likeness (QED) is 0.612. The minimum Gasteiger partial charge on any atom is -0.360 e. The minimum absolute atomic E-state index is 0.114. The largest absolute Gasteiger partial charge is 0.360 e. The second-order valence-corrected chi connectivity index (χ2v) is 5.69. The van der Waals surface area contributed by atoms with Crippen molar-refractivity contribution in [1.29, 1.82) is 0 Å². The molecule has 0 aromatic carbocycles. The molecule has 1 aliphatic heterocycles. The maximum Gasteiger partial charge on any atom is 0.184 e. The number of fused-ring (bicyclic) bond motifs is 1. The summed E-state index contributed by atoms with van der Waals surface area (Å²) in [5.41, 5.74) is 1.11. The SMILES string of the molecule is CC1OC2(C)CCCC(C)(C)C2=CC1=O. The number of carbonyl (C=O) groups is 1. The number of ether oxygens (including phenoxy) is 1. The molecule has 0 amide bonds. The molecule has 0 N–H and O–H groups in total. The van der Waals surface area contributed by atoms with E-state index in [0.717, 1.165) is 12.8 Å². The van der Waals surface area contributed by atoms with Crippen LogP contribution in [0.4, 0.5) is 0 Å². The summed E-state index contributed by atoms with van der Waals surface area (Å²) < 4.78 is 5.91. The zero-order valence-corrected chi connectivity index (χ0v) is 10.1. The monoisotopic (exact) mass is 208 g/mol. The van der Waals surface area contributed by atoms with Gasteiger partial charge in [0.05, 0.1) is 5.60 Å². The topological polar surface area (TPSA) is 26.3 Å². The molecule has 0 aromatic rings. The van der Waals surface area contributed by atoms with E-state index in [4.69, 9.17) is 4.74 Å². The van der Waals surface area contributed by atoms with E-state index < -0.39 is 0 Å². The Kier molecular flexibility index (Phi) is 2.30. The minimum atomic E-state index is -0.271. The van der Waals surface area contributed by atoms with Gasteiger partial charge in [0.15, 0.2) is 5.78 Å². The summed E-state index contributed by atoms with van der Waals surface area (Å²) in [6.45, 7) is 8.40. The van der Waals surface area contributed by atoms with Crippen LogP contribution in [-0.2, 0) is 9.53 Å². The molecule has 2 rings (SSSR count). The van der Waals surface area contributed by atoms with Crippen LogP contribution in [0.3, 0.4) is 0 Å². The molecule has 1 saturated carbocycles. The first-order valence-electron chi connectivity index (χ1n) is 5.79. The van der Waals surface area contributed by atoms with Gasteiger partial charge in [0.1, 0.15) is 6.10 Å². The molecule has 2 heteroatoms. The van der Waals surface area contributed by atoms with E-state index in [1.807, 2.05) is 13.0 Å². The molecular weight excluding hydrogens is 188 g/mol. The first kappa shape index (κ1) is 10.9. The molecule has 0 saturated heterocycles. The van der Waals surface area contributed by atoms with Crippen molar-refractivity contribution in [3.05, 3.63) is 11.6 Å². The van der Waals surface area contributed by atoms with Crippen LogP contribution in [0.1, 0.15) is 47.0 Å². The van der Waals surface area contributed by atoms with E-state index in [1.54, 1.807) is 0 Å². The highest BCUT2D eigenvalue weighted by Crippen LogP contribution is 2.49.